The van der Waals surface area contributed by atoms with Gasteiger partial charge in [0.2, 0.25) is 11.8 Å². The zero-order chi connectivity index (χ0) is 25.5. The van der Waals surface area contributed by atoms with Crippen LogP contribution in [0.4, 0.5) is 4.39 Å². The molecule has 1 aliphatic carbocycles. The van der Waals surface area contributed by atoms with Gasteiger partial charge < -0.3 is 19.7 Å². The van der Waals surface area contributed by atoms with Gasteiger partial charge in [-0.25, -0.2) is 4.39 Å². The van der Waals surface area contributed by atoms with E-state index in [0.717, 1.165) is 50.9 Å². The van der Waals surface area contributed by atoms with E-state index >= 15 is 4.39 Å². The minimum absolute atomic E-state index is 0.217. The highest BCUT2D eigenvalue weighted by atomic mass is 19.1. The molecule has 4 aliphatic heterocycles. The summed E-state index contributed by atoms with van der Waals surface area (Å²) in [5, 5.41) is 5.67. The van der Waals surface area contributed by atoms with E-state index in [1.54, 1.807) is 18.2 Å². The SMILES string of the molecule is O=C1CCC(N2Cc3cc(OC4CCN(C5CC(OC6CCNCC6)C5)CC4F)ccc3C2=O)C(=O)N1. The number of hydrogen-bond donors (Lipinski definition) is 2. The Morgan fingerprint density at radius 1 is 1.00 bits per heavy atom. The third-order valence-electron chi connectivity index (χ3n) is 8.55. The highest BCUT2D eigenvalue weighted by molar-refractivity contribution is 6.05. The minimum Gasteiger partial charge on any atom is -0.487 e. The maximum atomic E-state index is 15.2. The van der Waals surface area contributed by atoms with Gasteiger partial charge in [-0.2, -0.15) is 0 Å². The van der Waals surface area contributed by atoms with Crippen LogP contribution in [-0.4, -0.2) is 90.3 Å². The van der Waals surface area contributed by atoms with Crippen LogP contribution in [0.2, 0.25) is 0 Å². The maximum Gasteiger partial charge on any atom is 0.255 e. The smallest absolute Gasteiger partial charge is 0.255 e. The van der Waals surface area contributed by atoms with E-state index in [-0.39, 0.29) is 24.8 Å². The molecule has 2 N–H and O–H groups in total. The number of piperidine rings is 3. The summed E-state index contributed by atoms with van der Waals surface area (Å²) in [5.74, 6) is -0.431. The predicted molar refractivity (Wildman–Crippen MR) is 132 cm³/mol. The average Bonchev–Trinajstić information content (AvgIpc) is 3.18. The van der Waals surface area contributed by atoms with Gasteiger partial charge in [-0.1, -0.05) is 0 Å². The number of carbonyl (C=O) groups excluding carboxylic acids is 3. The number of nitrogens with zero attached hydrogens (tertiary/aromatic N) is 2. The molecule has 0 bridgehead atoms. The fourth-order valence-electron chi connectivity index (χ4n) is 6.32. The molecule has 9 nitrogen and oxygen atoms in total. The Bertz CT molecular complexity index is 1060. The molecule has 0 aromatic heterocycles. The molecule has 3 atom stereocenters. The Balaban J connectivity index is 1.000. The van der Waals surface area contributed by atoms with Crippen LogP contribution in [0.1, 0.15) is 60.9 Å². The molecule has 37 heavy (non-hydrogen) atoms. The lowest BCUT2D eigenvalue weighted by molar-refractivity contribution is -0.136. The van der Waals surface area contributed by atoms with Crippen molar-refractivity contribution in [2.45, 2.75) is 88.1 Å². The number of imide groups is 1. The third kappa shape index (κ3) is 5.11. The van der Waals surface area contributed by atoms with Crippen molar-refractivity contribution in [1.82, 2.24) is 20.4 Å². The van der Waals surface area contributed by atoms with Gasteiger partial charge in [0.1, 0.15) is 24.1 Å². The third-order valence-corrected chi connectivity index (χ3v) is 8.55. The van der Waals surface area contributed by atoms with E-state index in [1.807, 2.05) is 0 Å². The van der Waals surface area contributed by atoms with Crippen LogP contribution in [0.3, 0.4) is 0 Å². The van der Waals surface area contributed by atoms with Gasteiger partial charge in [-0.05, 0) is 75.4 Å². The van der Waals surface area contributed by atoms with Crippen molar-refractivity contribution in [3.05, 3.63) is 29.3 Å². The van der Waals surface area contributed by atoms with Crippen LogP contribution in [-0.2, 0) is 20.9 Å². The highest BCUT2D eigenvalue weighted by Crippen LogP contribution is 2.35. The Hall–Kier alpha value is -2.56. The first-order chi connectivity index (χ1) is 17.9. The molecule has 1 aromatic carbocycles. The first-order valence-electron chi connectivity index (χ1n) is 13.6. The van der Waals surface area contributed by atoms with Gasteiger partial charge >= 0.3 is 0 Å². The summed E-state index contributed by atoms with van der Waals surface area (Å²) in [6.07, 6.45) is 4.28. The fraction of sp³-hybridized carbons (Fsp3) is 0.667. The Labute approximate surface area is 216 Å². The van der Waals surface area contributed by atoms with Crippen LogP contribution in [0.5, 0.6) is 5.75 Å². The Morgan fingerprint density at radius 3 is 2.57 bits per heavy atom. The van der Waals surface area contributed by atoms with Gasteiger partial charge in [-0.15, -0.1) is 0 Å². The van der Waals surface area contributed by atoms with Gasteiger partial charge in [0, 0.05) is 37.7 Å². The lowest BCUT2D eigenvalue weighted by atomic mass is 9.86. The average molecular weight is 515 g/mol. The molecule has 4 fully saturated rings. The van der Waals surface area contributed by atoms with E-state index in [1.165, 1.54) is 4.90 Å². The zero-order valence-corrected chi connectivity index (χ0v) is 21.0. The minimum atomic E-state index is -1.09. The number of ether oxygens (including phenoxy) is 2. The Kier molecular flexibility index (Phi) is 6.89. The summed E-state index contributed by atoms with van der Waals surface area (Å²) in [6, 6.07) is 4.91. The van der Waals surface area contributed by atoms with Crippen molar-refractivity contribution >= 4 is 17.7 Å². The zero-order valence-electron chi connectivity index (χ0n) is 21.0. The number of amides is 3. The van der Waals surface area contributed by atoms with Crippen LogP contribution in [0, 0.1) is 0 Å². The van der Waals surface area contributed by atoms with Crippen molar-refractivity contribution in [3.8, 4) is 5.75 Å². The molecule has 3 amide bonds. The van der Waals surface area contributed by atoms with Crippen LogP contribution in [0.25, 0.3) is 0 Å². The second-order valence-corrected chi connectivity index (χ2v) is 11.0. The summed E-state index contributed by atoms with van der Waals surface area (Å²) >= 11 is 0. The number of halogens is 1. The van der Waals surface area contributed by atoms with Crippen molar-refractivity contribution in [3.63, 3.8) is 0 Å². The number of benzene rings is 1. The van der Waals surface area contributed by atoms with Gasteiger partial charge in [0.25, 0.3) is 5.91 Å². The number of hydrogen-bond acceptors (Lipinski definition) is 7. The lowest BCUT2D eigenvalue weighted by Gasteiger charge is -2.47. The molecule has 1 saturated carbocycles. The van der Waals surface area contributed by atoms with Gasteiger partial charge in [-0.3, -0.25) is 24.6 Å². The monoisotopic (exact) mass is 514 g/mol. The van der Waals surface area contributed by atoms with E-state index in [2.05, 4.69) is 15.5 Å². The normalized spacial score (nSPS) is 33.2. The molecule has 1 aromatic rings. The molecule has 3 saturated heterocycles. The van der Waals surface area contributed by atoms with Gasteiger partial charge in [0.05, 0.1) is 12.2 Å². The first kappa shape index (κ1) is 24.8. The van der Waals surface area contributed by atoms with E-state index in [4.69, 9.17) is 9.47 Å². The largest absolute Gasteiger partial charge is 0.487 e. The highest BCUT2D eigenvalue weighted by Gasteiger charge is 2.42. The number of nitrogens with one attached hydrogen (secondary N) is 2. The second-order valence-electron chi connectivity index (χ2n) is 11.0. The Morgan fingerprint density at radius 2 is 1.81 bits per heavy atom. The van der Waals surface area contributed by atoms with E-state index < -0.39 is 24.2 Å². The van der Waals surface area contributed by atoms with Gasteiger partial charge in [0.15, 0.2) is 0 Å². The molecular weight excluding hydrogens is 479 g/mol. The number of alkyl halides is 1. The number of fused-ring (bicyclic) bond motifs is 1. The second kappa shape index (κ2) is 10.3. The molecule has 0 radical (unpaired) electrons. The summed E-state index contributed by atoms with van der Waals surface area (Å²) in [4.78, 5) is 40.4. The number of rotatable bonds is 6. The van der Waals surface area contributed by atoms with Crippen LogP contribution in [0.15, 0.2) is 18.2 Å². The van der Waals surface area contributed by atoms with Crippen LogP contribution >= 0.6 is 0 Å². The molecule has 4 heterocycles. The summed E-state index contributed by atoms with van der Waals surface area (Å²) in [7, 11) is 0. The molecule has 200 valence electrons. The van der Waals surface area contributed by atoms with E-state index in [9.17, 15) is 14.4 Å². The fourth-order valence-corrected chi connectivity index (χ4v) is 6.32. The molecular formula is C27H35FN4O5. The number of carbonyl (C=O) groups is 3. The molecule has 10 heteroatoms. The standard InChI is InChI=1S/C27H35FN4O5/c28-22-15-31(17-12-20(13-17)36-18-5-8-29-9-6-18)10-7-24(22)37-19-1-2-21-16(11-19)14-32(27(21)35)23-3-4-25(33)30-26(23)34/h1-2,11,17-18,20,22-24,29H,3-10,12-15H2,(H,30,33,34). The molecule has 0 spiro atoms. The van der Waals surface area contributed by atoms with Crippen LogP contribution < -0.4 is 15.4 Å². The van der Waals surface area contributed by atoms with Crippen molar-refractivity contribution in [1.29, 1.82) is 0 Å². The quantitative estimate of drug-likeness (QED) is 0.556. The predicted octanol–water partition coefficient (Wildman–Crippen LogP) is 1.54. The van der Waals surface area contributed by atoms with Crippen molar-refractivity contribution in [2.24, 2.45) is 0 Å². The molecule has 6 rings (SSSR count). The summed E-state index contributed by atoms with van der Waals surface area (Å²) in [6.45, 7) is 3.48. The lowest BCUT2D eigenvalue weighted by Crippen LogP contribution is -2.56. The summed E-state index contributed by atoms with van der Waals surface area (Å²) < 4.78 is 27.4. The topological polar surface area (TPSA) is 100 Å². The van der Waals surface area contributed by atoms with E-state index in [0.29, 0.717) is 48.9 Å². The number of likely N-dealkylation sites (tertiary alicyclic amines) is 1. The molecule has 3 unspecified atom stereocenters. The summed E-state index contributed by atoms with van der Waals surface area (Å²) in [5.41, 5.74) is 1.28. The molecule has 5 aliphatic rings. The van der Waals surface area contributed by atoms with Crippen molar-refractivity contribution < 1.29 is 28.2 Å². The first-order valence-corrected chi connectivity index (χ1v) is 13.6. The van der Waals surface area contributed by atoms with Crippen molar-refractivity contribution in [2.75, 3.05) is 26.2 Å². The maximum absolute atomic E-state index is 15.2.